The molecule has 0 unspecified atom stereocenters. The molecule has 0 spiro atoms. The van der Waals surface area contributed by atoms with Crippen LogP contribution in [0.5, 0.6) is 0 Å². The molecule has 0 aliphatic heterocycles. The lowest BCUT2D eigenvalue weighted by atomic mass is 10.2. The highest BCUT2D eigenvalue weighted by atomic mass is 32.2. The van der Waals surface area contributed by atoms with E-state index in [1.54, 1.807) is 6.07 Å². The Bertz CT molecular complexity index is 559. The minimum atomic E-state index is -0.430. The van der Waals surface area contributed by atoms with Crippen molar-refractivity contribution >= 4 is 23.4 Å². The van der Waals surface area contributed by atoms with Gasteiger partial charge in [0.25, 0.3) is 0 Å². The average Bonchev–Trinajstić information content (AvgIpc) is 2.26. The van der Waals surface area contributed by atoms with Gasteiger partial charge >= 0.3 is 0 Å². The van der Waals surface area contributed by atoms with Crippen molar-refractivity contribution in [3.63, 3.8) is 0 Å². The highest BCUT2D eigenvalue weighted by Crippen LogP contribution is 2.27. The maximum Gasteiger partial charge on any atom is 0.196 e. The van der Waals surface area contributed by atoms with Crippen LogP contribution in [0.15, 0.2) is 34.3 Å². The highest BCUT2D eigenvalue weighted by Gasteiger charge is 2.06. The molecule has 0 amide bonds. The Balaban J connectivity index is 2.30. The second-order valence-electron chi connectivity index (χ2n) is 3.56. The number of aliphatic hydroxyl groups excluding tert-OH is 1. The van der Waals surface area contributed by atoms with Crippen molar-refractivity contribution in [2.75, 3.05) is 11.5 Å². The Kier molecular flexibility index (Phi) is 3.63. The van der Waals surface area contributed by atoms with Crippen LogP contribution in [0.4, 0.5) is 16.0 Å². The third kappa shape index (κ3) is 3.08. The summed E-state index contributed by atoms with van der Waals surface area (Å²) >= 11 is 1.13. The Morgan fingerprint density at radius 1 is 1.11 bits per heavy atom. The Morgan fingerprint density at radius 3 is 2.39 bits per heavy atom. The Labute approximate surface area is 107 Å². The first kappa shape index (κ1) is 12.6. The van der Waals surface area contributed by atoms with Gasteiger partial charge in [-0.2, -0.15) is 0 Å². The highest BCUT2D eigenvalue weighted by molar-refractivity contribution is 7.99. The van der Waals surface area contributed by atoms with Gasteiger partial charge in [-0.15, -0.1) is 0 Å². The first-order valence-electron chi connectivity index (χ1n) is 5.05. The summed E-state index contributed by atoms with van der Waals surface area (Å²) in [6.45, 7) is -0.231. The fraction of sp³-hybridized carbons (Fsp3) is 0.0909. The third-order valence-corrected chi connectivity index (χ3v) is 2.90. The smallest absolute Gasteiger partial charge is 0.196 e. The van der Waals surface area contributed by atoms with Crippen molar-refractivity contribution in [3.05, 3.63) is 35.6 Å². The van der Waals surface area contributed by atoms with Gasteiger partial charge in [-0.3, -0.25) is 0 Å². The second kappa shape index (κ2) is 5.19. The standard InChI is InChI=1S/C11H11FN4OS/c12-7-1-6(5-17)2-8(3-7)18-11-15-9(13)4-10(14)16-11/h1-4,17H,5H2,(H4,13,14,15,16). The SMILES string of the molecule is Nc1cc(N)nc(Sc2cc(F)cc(CO)c2)n1. The van der Waals surface area contributed by atoms with Crippen molar-refractivity contribution in [1.82, 2.24) is 9.97 Å². The molecule has 1 aromatic carbocycles. The maximum atomic E-state index is 13.3. The first-order chi connectivity index (χ1) is 8.56. The second-order valence-corrected chi connectivity index (χ2v) is 4.60. The van der Waals surface area contributed by atoms with Gasteiger partial charge < -0.3 is 16.6 Å². The van der Waals surface area contributed by atoms with Gasteiger partial charge in [0.15, 0.2) is 5.16 Å². The molecule has 0 fully saturated rings. The van der Waals surface area contributed by atoms with Gasteiger partial charge in [0.2, 0.25) is 0 Å². The van der Waals surface area contributed by atoms with E-state index >= 15 is 0 Å². The molecule has 7 heteroatoms. The van der Waals surface area contributed by atoms with Crippen LogP contribution in [0, 0.1) is 5.82 Å². The summed E-state index contributed by atoms with van der Waals surface area (Å²) in [5, 5.41) is 9.33. The van der Waals surface area contributed by atoms with E-state index in [0.29, 0.717) is 15.6 Å². The van der Waals surface area contributed by atoms with Crippen LogP contribution >= 0.6 is 11.8 Å². The van der Waals surface area contributed by atoms with E-state index in [2.05, 4.69) is 9.97 Å². The van der Waals surface area contributed by atoms with Gasteiger partial charge in [-0.1, -0.05) is 0 Å². The van der Waals surface area contributed by atoms with E-state index in [1.165, 1.54) is 18.2 Å². The minimum Gasteiger partial charge on any atom is -0.392 e. The molecule has 5 N–H and O–H groups in total. The van der Waals surface area contributed by atoms with E-state index in [-0.39, 0.29) is 18.2 Å². The van der Waals surface area contributed by atoms with Crippen LogP contribution in [0.25, 0.3) is 0 Å². The molecule has 0 aliphatic carbocycles. The lowest BCUT2D eigenvalue weighted by Crippen LogP contribution is -1.99. The number of hydrogen-bond donors (Lipinski definition) is 3. The van der Waals surface area contributed by atoms with E-state index in [9.17, 15) is 4.39 Å². The molecule has 0 radical (unpaired) electrons. The number of nitrogens with zero attached hydrogens (tertiary/aromatic N) is 2. The van der Waals surface area contributed by atoms with Crippen molar-refractivity contribution < 1.29 is 9.50 Å². The molecular weight excluding hydrogens is 255 g/mol. The number of nitrogen functional groups attached to an aromatic ring is 2. The molecule has 0 saturated carbocycles. The van der Waals surface area contributed by atoms with Gasteiger partial charge in [0, 0.05) is 11.0 Å². The zero-order valence-electron chi connectivity index (χ0n) is 9.30. The van der Waals surface area contributed by atoms with Crippen molar-refractivity contribution in [3.8, 4) is 0 Å². The van der Waals surface area contributed by atoms with Crippen LogP contribution < -0.4 is 11.5 Å². The van der Waals surface area contributed by atoms with E-state index in [1.807, 2.05) is 0 Å². The number of halogens is 1. The number of aromatic nitrogens is 2. The normalized spacial score (nSPS) is 10.6. The fourth-order valence-corrected chi connectivity index (χ4v) is 2.28. The summed E-state index contributed by atoms with van der Waals surface area (Å²) in [6, 6.07) is 5.68. The van der Waals surface area contributed by atoms with E-state index in [4.69, 9.17) is 16.6 Å². The molecule has 2 rings (SSSR count). The molecule has 1 heterocycles. The predicted molar refractivity (Wildman–Crippen MR) is 67.3 cm³/mol. The summed E-state index contributed by atoms with van der Waals surface area (Å²) in [5.41, 5.74) is 11.6. The van der Waals surface area contributed by atoms with Crippen LogP contribution in [-0.2, 0) is 6.61 Å². The molecule has 5 nitrogen and oxygen atoms in total. The number of nitrogens with two attached hydrogens (primary N) is 2. The summed E-state index contributed by atoms with van der Waals surface area (Å²) in [4.78, 5) is 8.53. The Hall–Kier alpha value is -1.86. The van der Waals surface area contributed by atoms with Crippen molar-refractivity contribution in [1.29, 1.82) is 0 Å². The molecule has 94 valence electrons. The predicted octanol–water partition coefficient (Wildman–Crippen LogP) is 1.42. The lowest BCUT2D eigenvalue weighted by Gasteiger charge is -2.04. The van der Waals surface area contributed by atoms with Crippen molar-refractivity contribution in [2.24, 2.45) is 0 Å². The molecule has 0 atom stereocenters. The van der Waals surface area contributed by atoms with Gasteiger partial charge in [0.1, 0.15) is 17.5 Å². The zero-order valence-corrected chi connectivity index (χ0v) is 10.1. The average molecular weight is 266 g/mol. The number of aliphatic hydroxyl groups is 1. The molecule has 18 heavy (non-hydrogen) atoms. The first-order valence-corrected chi connectivity index (χ1v) is 5.86. The van der Waals surface area contributed by atoms with Gasteiger partial charge in [-0.05, 0) is 35.5 Å². The minimum absolute atomic E-state index is 0.231. The monoisotopic (exact) mass is 266 g/mol. The van der Waals surface area contributed by atoms with Crippen LogP contribution in [0.3, 0.4) is 0 Å². The summed E-state index contributed by atoms with van der Waals surface area (Å²) < 4.78 is 13.3. The molecule has 0 bridgehead atoms. The quantitative estimate of drug-likeness (QED) is 0.727. The zero-order chi connectivity index (χ0) is 13.1. The molecule has 0 aliphatic rings. The molecule has 0 saturated heterocycles. The molecular formula is C11H11FN4OS. The summed E-state index contributed by atoms with van der Waals surface area (Å²) in [6.07, 6.45) is 0. The number of benzene rings is 1. The Morgan fingerprint density at radius 2 is 1.78 bits per heavy atom. The molecule has 1 aromatic heterocycles. The van der Waals surface area contributed by atoms with Crippen LogP contribution in [-0.4, -0.2) is 15.1 Å². The number of rotatable bonds is 3. The van der Waals surface area contributed by atoms with Gasteiger partial charge in [-0.25, -0.2) is 14.4 Å². The third-order valence-electron chi connectivity index (χ3n) is 2.07. The summed E-state index contributed by atoms with van der Waals surface area (Å²) in [7, 11) is 0. The van der Waals surface area contributed by atoms with Crippen LogP contribution in [0.2, 0.25) is 0 Å². The number of hydrogen-bond acceptors (Lipinski definition) is 6. The van der Waals surface area contributed by atoms with Gasteiger partial charge in [0.05, 0.1) is 6.61 Å². The summed E-state index contributed by atoms with van der Waals surface area (Å²) in [5.74, 6) is 0.0773. The fourth-order valence-electron chi connectivity index (χ4n) is 1.38. The van der Waals surface area contributed by atoms with E-state index < -0.39 is 5.82 Å². The molecule has 2 aromatic rings. The lowest BCUT2D eigenvalue weighted by molar-refractivity contribution is 0.281. The largest absolute Gasteiger partial charge is 0.392 e. The number of anilines is 2. The van der Waals surface area contributed by atoms with Crippen LogP contribution in [0.1, 0.15) is 5.56 Å². The van der Waals surface area contributed by atoms with E-state index in [0.717, 1.165) is 11.8 Å². The van der Waals surface area contributed by atoms with Crippen molar-refractivity contribution in [2.45, 2.75) is 16.7 Å². The maximum absolute atomic E-state index is 13.3. The topological polar surface area (TPSA) is 98.1 Å².